The van der Waals surface area contributed by atoms with E-state index in [0.717, 1.165) is 30.2 Å². The van der Waals surface area contributed by atoms with E-state index in [1.54, 1.807) is 0 Å². The molecular weight excluding hydrogens is 353 g/mol. The average Bonchev–Trinajstić information content (AvgIpc) is 2.82. The Hall–Kier alpha value is -2.77. The number of halogens is 1. The fourth-order valence-electron chi connectivity index (χ4n) is 3.89. The Kier molecular flexibility index (Phi) is 4.99. The van der Waals surface area contributed by atoms with E-state index in [1.165, 1.54) is 19.1 Å². The zero-order valence-corrected chi connectivity index (χ0v) is 15.3. The minimum Gasteiger partial charge on any atom is -0.326 e. The molecule has 8 heteroatoms. The first-order valence-electron chi connectivity index (χ1n) is 8.99. The van der Waals surface area contributed by atoms with Crippen molar-refractivity contribution in [2.45, 2.75) is 45.1 Å². The molecule has 0 aromatic heterocycles. The van der Waals surface area contributed by atoms with Crippen molar-refractivity contribution in [2.24, 2.45) is 5.92 Å². The lowest BCUT2D eigenvalue weighted by molar-refractivity contribution is -0.133. The van der Waals surface area contributed by atoms with E-state index in [1.807, 2.05) is 6.92 Å². The van der Waals surface area contributed by atoms with Crippen LogP contribution in [0.5, 0.6) is 0 Å². The van der Waals surface area contributed by atoms with Crippen LogP contribution in [-0.4, -0.2) is 40.6 Å². The van der Waals surface area contributed by atoms with Gasteiger partial charge < -0.3 is 10.6 Å². The van der Waals surface area contributed by atoms with E-state index in [0.29, 0.717) is 6.42 Å². The molecule has 4 amide bonds. The van der Waals surface area contributed by atoms with Gasteiger partial charge in [0.15, 0.2) is 5.78 Å². The summed E-state index contributed by atoms with van der Waals surface area (Å²) >= 11 is 0. The molecule has 2 atom stereocenters. The predicted molar refractivity (Wildman–Crippen MR) is 95.6 cm³/mol. The Balaban J connectivity index is 1.77. The molecule has 1 aromatic rings. The second-order valence-corrected chi connectivity index (χ2v) is 7.24. The number of nitrogens with zero attached hydrogens (tertiary/aromatic N) is 1. The van der Waals surface area contributed by atoms with Crippen LogP contribution >= 0.6 is 0 Å². The van der Waals surface area contributed by atoms with Gasteiger partial charge in [-0.1, -0.05) is 19.8 Å². The molecule has 2 fully saturated rings. The van der Waals surface area contributed by atoms with Gasteiger partial charge in [-0.2, -0.15) is 0 Å². The number of carbonyl (C=O) groups is 4. The number of Topliss-reactive ketones (excluding diaryl/α,β-unsaturated/α-hetero) is 1. The quantitative estimate of drug-likeness (QED) is 0.624. The highest BCUT2D eigenvalue weighted by atomic mass is 19.1. The number of hydrogen-bond donors (Lipinski definition) is 2. The highest BCUT2D eigenvalue weighted by Crippen LogP contribution is 2.38. The minimum absolute atomic E-state index is 0.0172. The third kappa shape index (κ3) is 3.43. The average molecular weight is 375 g/mol. The monoisotopic (exact) mass is 375 g/mol. The molecule has 1 aliphatic heterocycles. The molecule has 1 saturated carbocycles. The van der Waals surface area contributed by atoms with Gasteiger partial charge in [-0.3, -0.25) is 19.3 Å². The number of imide groups is 1. The van der Waals surface area contributed by atoms with Gasteiger partial charge >= 0.3 is 6.03 Å². The maximum Gasteiger partial charge on any atom is 0.325 e. The van der Waals surface area contributed by atoms with Crippen LogP contribution in [0.15, 0.2) is 18.2 Å². The van der Waals surface area contributed by atoms with Crippen molar-refractivity contribution in [3.8, 4) is 0 Å². The van der Waals surface area contributed by atoms with E-state index in [-0.39, 0.29) is 23.1 Å². The Morgan fingerprint density at radius 1 is 1.33 bits per heavy atom. The van der Waals surface area contributed by atoms with Crippen LogP contribution in [0.25, 0.3) is 0 Å². The maximum absolute atomic E-state index is 14.3. The summed E-state index contributed by atoms with van der Waals surface area (Å²) in [6, 6.07) is 3.05. The second kappa shape index (κ2) is 7.09. The van der Waals surface area contributed by atoms with Crippen LogP contribution in [0.1, 0.15) is 49.9 Å². The number of carbonyl (C=O) groups excluding carboxylic acids is 4. The summed E-state index contributed by atoms with van der Waals surface area (Å²) in [5.41, 5.74) is -0.965. The summed E-state index contributed by atoms with van der Waals surface area (Å²) < 4.78 is 14.3. The molecule has 7 nitrogen and oxygen atoms in total. The van der Waals surface area contributed by atoms with Gasteiger partial charge in [-0.15, -0.1) is 0 Å². The highest BCUT2D eigenvalue weighted by Gasteiger charge is 2.55. The molecule has 0 bridgehead atoms. The SMILES string of the molecule is CC(=O)Nc1ccc(C(=O)CN2C(=O)N[C@]3(CCCC[C@H]3C)C2=O)c(F)c1. The number of rotatable bonds is 4. The highest BCUT2D eigenvalue weighted by molar-refractivity contribution is 6.11. The summed E-state index contributed by atoms with van der Waals surface area (Å²) in [5.74, 6) is -2.29. The standard InChI is InChI=1S/C19H22FN3O4/c1-11-5-3-4-8-19(11)17(26)23(18(27)22-19)10-16(25)14-7-6-13(9-15(14)20)21-12(2)24/h6-7,9,11H,3-5,8,10H2,1-2H3,(H,21,24)(H,22,27)/t11-,19+/m1/s1. The van der Waals surface area contributed by atoms with Crippen LogP contribution in [0.3, 0.4) is 0 Å². The van der Waals surface area contributed by atoms with Crippen molar-refractivity contribution in [1.82, 2.24) is 10.2 Å². The number of amides is 4. The van der Waals surface area contributed by atoms with Crippen molar-refractivity contribution < 1.29 is 23.6 Å². The third-order valence-corrected chi connectivity index (χ3v) is 5.39. The smallest absolute Gasteiger partial charge is 0.325 e. The van der Waals surface area contributed by atoms with Crippen molar-refractivity contribution in [2.75, 3.05) is 11.9 Å². The molecule has 3 rings (SSSR count). The normalized spacial score (nSPS) is 24.9. The lowest BCUT2D eigenvalue weighted by Crippen LogP contribution is -2.54. The van der Waals surface area contributed by atoms with E-state index in [9.17, 15) is 23.6 Å². The van der Waals surface area contributed by atoms with Crippen LogP contribution in [0, 0.1) is 11.7 Å². The summed E-state index contributed by atoms with van der Waals surface area (Å²) in [4.78, 5) is 49.6. The lowest BCUT2D eigenvalue weighted by atomic mass is 9.73. The fraction of sp³-hybridized carbons (Fsp3) is 0.474. The van der Waals surface area contributed by atoms with Crippen LogP contribution in [0.2, 0.25) is 0 Å². The molecule has 27 heavy (non-hydrogen) atoms. The van der Waals surface area contributed by atoms with Crippen LogP contribution in [-0.2, 0) is 9.59 Å². The molecule has 1 spiro atoms. The van der Waals surface area contributed by atoms with Crippen LogP contribution in [0.4, 0.5) is 14.9 Å². The van der Waals surface area contributed by atoms with E-state index >= 15 is 0 Å². The Labute approximate surface area is 156 Å². The number of ketones is 1. The number of hydrogen-bond acceptors (Lipinski definition) is 4. The third-order valence-electron chi connectivity index (χ3n) is 5.39. The van der Waals surface area contributed by atoms with E-state index in [2.05, 4.69) is 10.6 Å². The largest absolute Gasteiger partial charge is 0.326 e. The van der Waals surface area contributed by atoms with Gasteiger partial charge in [-0.05, 0) is 37.0 Å². The van der Waals surface area contributed by atoms with Gasteiger partial charge in [0.05, 0.1) is 12.1 Å². The maximum atomic E-state index is 14.3. The molecule has 2 aliphatic rings. The topological polar surface area (TPSA) is 95.6 Å². The van der Waals surface area contributed by atoms with Gasteiger partial charge in [0.2, 0.25) is 5.91 Å². The van der Waals surface area contributed by atoms with E-state index < -0.39 is 35.6 Å². The molecular formula is C19H22FN3O4. The fourth-order valence-corrected chi connectivity index (χ4v) is 3.89. The lowest BCUT2D eigenvalue weighted by Gasteiger charge is -2.36. The number of urea groups is 1. The predicted octanol–water partition coefficient (Wildman–Crippen LogP) is 2.47. The first kappa shape index (κ1) is 19.0. The molecule has 1 aromatic carbocycles. The summed E-state index contributed by atoms with van der Waals surface area (Å²) in [7, 11) is 0. The van der Waals surface area contributed by atoms with Crippen molar-refractivity contribution in [3.05, 3.63) is 29.6 Å². The van der Waals surface area contributed by atoms with Gasteiger partial charge in [0.25, 0.3) is 5.91 Å². The van der Waals surface area contributed by atoms with Gasteiger partial charge in [-0.25, -0.2) is 9.18 Å². The molecule has 1 aliphatic carbocycles. The Bertz CT molecular complexity index is 825. The summed E-state index contributed by atoms with van der Waals surface area (Å²) in [5, 5.41) is 5.19. The Morgan fingerprint density at radius 2 is 2.07 bits per heavy atom. The molecule has 0 radical (unpaired) electrons. The second-order valence-electron chi connectivity index (χ2n) is 7.24. The van der Waals surface area contributed by atoms with Gasteiger partial charge in [0, 0.05) is 12.6 Å². The minimum atomic E-state index is -0.955. The van der Waals surface area contributed by atoms with Crippen molar-refractivity contribution in [1.29, 1.82) is 0 Å². The molecule has 1 heterocycles. The molecule has 144 valence electrons. The molecule has 1 saturated heterocycles. The van der Waals surface area contributed by atoms with Crippen LogP contribution < -0.4 is 10.6 Å². The van der Waals surface area contributed by atoms with Gasteiger partial charge in [0.1, 0.15) is 11.4 Å². The first-order valence-corrected chi connectivity index (χ1v) is 8.99. The molecule has 2 N–H and O–H groups in total. The Morgan fingerprint density at radius 3 is 2.70 bits per heavy atom. The number of nitrogens with one attached hydrogen (secondary N) is 2. The first-order chi connectivity index (χ1) is 12.7. The summed E-state index contributed by atoms with van der Waals surface area (Å²) in [6.07, 6.45) is 3.20. The molecule has 0 unspecified atom stereocenters. The van der Waals surface area contributed by atoms with E-state index in [4.69, 9.17) is 0 Å². The number of anilines is 1. The van der Waals surface area contributed by atoms with Crippen molar-refractivity contribution >= 4 is 29.3 Å². The zero-order chi connectivity index (χ0) is 19.8. The number of benzene rings is 1. The summed E-state index contributed by atoms with van der Waals surface area (Å²) in [6.45, 7) is 2.69. The zero-order valence-electron chi connectivity index (χ0n) is 15.3. The van der Waals surface area contributed by atoms with Crippen molar-refractivity contribution in [3.63, 3.8) is 0 Å².